The third kappa shape index (κ3) is 6.32. The van der Waals surface area contributed by atoms with Gasteiger partial charge in [0, 0.05) is 45.8 Å². The molecule has 1 saturated heterocycles. The van der Waals surface area contributed by atoms with Crippen LogP contribution in [0.2, 0.25) is 0 Å². The van der Waals surface area contributed by atoms with Gasteiger partial charge in [0.2, 0.25) is 0 Å². The van der Waals surface area contributed by atoms with E-state index in [1.807, 2.05) is 7.05 Å². The Hall–Kier alpha value is -0.110. The average molecular weight is 454 g/mol. The minimum absolute atomic E-state index is 0. The number of nitrogens with one attached hydrogen (secondary N) is 1. The molecule has 1 aliphatic carbocycles. The molecule has 0 bridgehead atoms. The quantitative estimate of drug-likeness (QED) is 0.299. The molecule has 6 heteroatoms. The Morgan fingerprint density at radius 1 is 1.12 bits per heavy atom. The van der Waals surface area contributed by atoms with Crippen molar-refractivity contribution in [3.8, 4) is 0 Å². The Labute approximate surface area is 164 Å². The van der Waals surface area contributed by atoms with Crippen LogP contribution in [0.25, 0.3) is 0 Å². The first-order chi connectivity index (χ1) is 11.2. The molecule has 0 aromatic carbocycles. The Kier molecular flexibility index (Phi) is 10.5. The van der Waals surface area contributed by atoms with E-state index in [1.165, 1.54) is 25.7 Å². The van der Waals surface area contributed by atoms with Gasteiger partial charge in [0.05, 0.1) is 6.67 Å². The minimum atomic E-state index is -0.267. The first kappa shape index (κ1) is 21.9. The third-order valence-corrected chi connectivity index (χ3v) is 5.62. The summed E-state index contributed by atoms with van der Waals surface area (Å²) in [6.07, 6.45) is 6.08. The number of alkyl halides is 1. The SMILES string of the molecule is CN=C(NCCCF)N1CCN(C2CCC(C(C)C)CC2)CC1.I. The Balaban J connectivity index is 0.00000288. The fraction of sp³-hybridized carbons (Fsp3) is 0.944. The number of hydrogen-bond donors (Lipinski definition) is 1. The summed E-state index contributed by atoms with van der Waals surface area (Å²) in [5.74, 6) is 2.71. The highest BCUT2D eigenvalue weighted by Crippen LogP contribution is 2.32. The maximum atomic E-state index is 12.2. The highest BCUT2D eigenvalue weighted by Gasteiger charge is 2.29. The Bertz CT molecular complexity index is 362. The normalized spacial score (nSPS) is 26.4. The van der Waals surface area contributed by atoms with E-state index in [-0.39, 0.29) is 30.7 Å². The maximum absolute atomic E-state index is 12.2. The van der Waals surface area contributed by atoms with E-state index in [2.05, 4.69) is 34.0 Å². The zero-order valence-electron chi connectivity index (χ0n) is 15.6. The van der Waals surface area contributed by atoms with Crippen molar-refractivity contribution in [2.45, 2.75) is 52.0 Å². The predicted octanol–water partition coefficient (Wildman–Crippen LogP) is 3.37. The van der Waals surface area contributed by atoms with E-state index in [9.17, 15) is 4.39 Å². The Morgan fingerprint density at radius 2 is 1.75 bits per heavy atom. The molecular formula is C18H36FIN4. The van der Waals surface area contributed by atoms with Gasteiger partial charge in [-0.25, -0.2) is 0 Å². The topological polar surface area (TPSA) is 30.9 Å². The number of rotatable bonds is 5. The molecule has 1 N–H and O–H groups in total. The summed E-state index contributed by atoms with van der Waals surface area (Å²) in [6, 6.07) is 0.786. The number of guanidine groups is 1. The molecule has 2 aliphatic rings. The average Bonchev–Trinajstić information content (AvgIpc) is 2.59. The number of piperazine rings is 1. The van der Waals surface area contributed by atoms with Gasteiger partial charge in [0.1, 0.15) is 0 Å². The molecule has 1 saturated carbocycles. The van der Waals surface area contributed by atoms with Crippen molar-refractivity contribution in [1.29, 1.82) is 0 Å². The highest BCUT2D eigenvalue weighted by atomic mass is 127. The maximum Gasteiger partial charge on any atom is 0.193 e. The molecule has 0 radical (unpaired) electrons. The van der Waals surface area contributed by atoms with E-state index >= 15 is 0 Å². The lowest BCUT2D eigenvalue weighted by atomic mass is 9.79. The molecular weight excluding hydrogens is 418 g/mol. The van der Waals surface area contributed by atoms with Gasteiger partial charge < -0.3 is 10.2 Å². The smallest absolute Gasteiger partial charge is 0.193 e. The monoisotopic (exact) mass is 454 g/mol. The summed E-state index contributed by atoms with van der Waals surface area (Å²) in [5.41, 5.74) is 0. The molecule has 0 aromatic heterocycles. The number of aliphatic imine (C=N–C) groups is 1. The van der Waals surface area contributed by atoms with Gasteiger partial charge in [-0.05, 0) is 43.9 Å². The molecule has 0 amide bonds. The number of hydrogen-bond acceptors (Lipinski definition) is 2. The van der Waals surface area contributed by atoms with Crippen molar-refractivity contribution >= 4 is 29.9 Å². The highest BCUT2D eigenvalue weighted by molar-refractivity contribution is 14.0. The van der Waals surface area contributed by atoms with Gasteiger partial charge in [-0.2, -0.15) is 0 Å². The molecule has 0 spiro atoms. The largest absolute Gasteiger partial charge is 0.356 e. The fourth-order valence-corrected chi connectivity index (χ4v) is 4.03. The van der Waals surface area contributed by atoms with Gasteiger partial charge in [-0.3, -0.25) is 14.3 Å². The summed E-state index contributed by atoms with van der Waals surface area (Å²) in [4.78, 5) is 9.34. The van der Waals surface area contributed by atoms with Crippen LogP contribution in [-0.2, 0) is 0 Å². The Morgan fingerprint density at radius 3 is 2.25 bits per heavy atom. The van der Waals surface area contributed by atoms with Gasteiger partial charge in [-0.1, -0.05) is 13.8 Å². The standard InChI is InChI=1S/C18H35FN4.HI/c1-15(2)16-5-7-17(8-6-16)22-11-13-23(14-12-22)18(20-3)21-10-4-9-19;/h15-17H,4-14H2,1-3H3,(H,20,21);1H. The summed E-state index contributed by atoms with van der Waals surface area (Å²) in [7, 11) is 1.82. The number of halogens is 2. The van der Waals surface area contributed by atoms with E-state index in [0.29, 0.717) is 13.0 Å². The summed E-state index contributed by atoms with van der Waals surface area (Å²) in [5, 5.41) is 3.27. The molecule has 0 unspecified atom stereocenters. The lowest BCUT2D eigenvalue weighted by molar-refractivity contribution is 0.0864. The van der Waals surface area contributed by atoms with Crippen molar-refractivity contribution in [3.05, 3.63) is 0 Å². The molecule has 0 atom stereocenters. The van der Waals surface area contributed by atoms with Crippen LogP contribution >= 0.6 is 24.0 Å². The molecule has 1 aliphatic heterocycles. The molecule has 2 rings (SSSR count). The van der Waals surface area contributed by atoms with Crippen LogP contribution in [0.1, 0.15) is 46.0 Å². The van der Waals surface area contributed by atoms with Crippen molar-refractivity contribution in [2.75, 3.05) is 46.4 Å². The van der Waals surface area contributed by atoms with Crippen LogP contribution in [0.5, 0.6) is 0 Å². The summed E-state index contributed by atoms with van der Waals surface area (Å²) >= 11 is 0. The van der Waals surface area contributed by atoms with Crippen LogP contribution < -0.4 is 5.32 Å². The second-order valence-corrected chi connectivity index (χ2v) is 7.35. The van der Waals surface area contributed by atoms with E-state index in [1.54, 1.807) is 0 Å². The first-order valence-corrected chi connectivity index (χ1v) is 9.41. The minimum Gasteiger partial charge on any atom is -0.356 e. The van der Waals surface area contributed by atoms with Crippen molar-refractivity contribution in [2.24, 2.45) is 16.8 Å². The fourth-order valence-electron chi connectivity index (χ4n) is 4.03. The van der Waals surface area contributed by atoms with Crippen LogP contribution in [0, 0.1) is 11.8 Å². The van der Waals surface area contributed by atoms with Crippen molar-refractivity contribution in [1.82, 2.24) is 15.1 Å². The lowest BCUT2D eigenvalue weighted by Crippen LogP contribution is -2.55. The molecule has 24 heavy (non-hydrogen) atoms. The van der Waals surface area contributed by atoms with Crippen molar-refractivity contribution < 1.29 is 4.39 Å². The number of nitrogens with zero attached hydrogens (tertiary/aromatic N) is 3. The molecule has 2 fully saturated rings. The van der Waals surface area contributed by atoms with E-state index < -0.39 is 0 Å². The second-order valence-electron chi connectivity index (χ2n) is 7.35. The van der Waals surface area contributed by atoms with Crippen LogP contribution in [0.15, 0.2) is 4.99 Å². The summed E-state index contributed by atoms with van der Waals surface area (Å²) < 4.78 is 12.2. The van der Waals surface area contributed by atoms with Gasteiger partial charge in [0.15, 0.2) is 5.96 Å². The van der Waals surface area contributed by atoms with Gasteiger partial charge in [0.25, 0.3) is 0 Å². The van der Waals surface area contributed by atoms with Gasteiger partial charge in [-0.15, -0.1) is 24.0 Å². The van der Waals surface area contributed by atoms with Crippen molar-refractivity contribution in [3.63, 3.8) is 0 Å². The van der Waals surface area contributed by atoms with Crippen LogP contribution in [0.4, 0.5) is 4.39 Å². The molecule has 1 heterocycles. The predicted molar refractivity (Wildman–Crippen MR) is 111 cm³/mol. The lowest BCUT2D eigenvalue weighted by Gasteiger charge is -2.43. The second kappa shape index (κ2) is 11.5. The van der Waals surface area contributed by atoms with Crippen LogP contribution in [-0.4, -0.2) is 68.2 Å². The van der Waals surface area contributed by atoms with Crippen LogP contribution in [0.3, 0.4) is 0 Å². The zero-order valence-corrected chi connectivity index (χ0v) is 18.0. The van der Waals surface area contributed by atoms with E-state index in [4.69, 9.17) is 0 Å². The molecule has 0 aromatic rings. The van der Waals surface area contributed by atoms with Gasteiger partial charge >= 0.3 is 0 Å². The van der Waals surface area contributed by atoms with E-state index in [0.717, 1.165) is 50.0 Å². The molecule has 4 nitrogen and oxygen atoms in total. The third-order valence-electron chi connectivity index (χ3n) is 5.62. The molecule has 142 valence electrons. The summed E-state index contributed by atoms with van der Waals surface area (Å²) in [6.45, 7) is 9.44. The zero-order chi connectivity index (χ0) is 16.7. The first-order valence-electron chi connectivity index (χ1n) is 9.41.